The summed E-state index contributed by atoms with van der Waals surface area (Å²) in [5.41, 5.74) is 8.03. The van der Waals surface area contributed by atoms with Gasteiger partial charge < -0.3 is 10.6 Å². The number of rotatable bonds is 4. The Morgan fingerprint density at radius 1 is 1.18 bits per heavy atom. The number of anilines is 2. The second kappa shape index (κ2) is 4.98. The van der Waals surface area contributed by atoms with E-state index in [1.54, 1.807) is 0 Å². The number of aryl methyl sites for hydroxylation is 1. The number of hydrogen-bond acceptors (Lipinski definition) is 3. The van der Waals surface area contributed by atoms with Gasteiger partial charge in [0, 0.05) is 20.1 Å². The lowest BCUT2D eigenvalue weighted by molar-refractivity contribution is 0.496. The molecule has 0 aromatic carbocycles. The molecule has 0 amide bonds. The van der Waals surface area contributed by atoms with Crippen molar-refractivity contribution >= 4 is 11.5 Å². The fourth-order valence-corrected chi connectivity index (χ4v) is 2.04. The predicted molar refractivity (Wildman–Crippen MR) is 74.4 cm³/mol. The van der Waals surface area contributed by atoms with Gasteiger partial charge in [0.05, 0.1) is 11.4 Å². The van der Waals surface area contributed by atoms with Crippen molar-refractivity contribution in [2.24, 2.45) is 13.0 Å². The van der Waals surface area contributed by atoms with E-state index in [1.165, 1.54) is 0 Å². The fourth-order valence-electron chi connectivity index (χ4n) is 2.04. The van der Waals surface area contributed by atoms with Crippen LogP contribution in [0.25, 0.3) is 0 Å². The number of nitrogens with zero attached hydrogens (tertiary/aromatic N) is 3. The molecule has 1 atom stereocenters. The summed E-state index contributed by atoms with van der Waals surface area (Å²) in [5.74, 6) is 1.96. The average Bonchev–Trinajstić information content (AvgIpc) is 2.52. The second-order valence-electron chi connectivity index (χ2n) is 5.50. The topological polar surface area (TPSA) is 47.1 Å². The molecule has 0 saturated carbocycles. The van der Waals surface area contributed by atoms with Crippen molar-refractivity contribution in [3.63, 3.8) is 0 Å². The molecule has 1 unspecified atom stereocenters. The molecule has 17 heavy (non-hydrogen) atoms. The molecule has 0 aliphatic carbocycles. The molecule has 0 fully saturated rings. The molecule has 0 bridgehead atoms. The average molecular weight is 238 g/mol. The van der Waals surface area contributed by atoms with Gasteiger partial charge >= 0.3 is 0 Å². The van der Waals surface area contributed by atoms with Crippen LogP contribution in [0.15, 0.2) is 0 Å². The summed E-state index contributed by atoms with van der Waals surface area (Å²) in [6.45, 7) is 10.9. The lowest BCUT2D eigenvalue weighted by Gasteiger charge is -2.30. The predicted octanol–water partition coefficient (Wildman–Crippen LogP) is 2.61. The van der Waals surface area contributed by atoms with E-state index >= 15 is 0 Å². The fraction of sp³-hybridized carbons (Fsp3) is 0.769. The molecule has 98 valence electrons. The summed E-state index contributed by atoms with van der Waals surface area (Å²) in [6, 6.07) is 0.438. The molecule has 4 heteroatoms. The molecule has 0 radical (unpaired) electrons. The molecule has 1 aromatic heterocycles. The summed E-state index contributed by atoms with van der Waals surface area (Å²) in [5, 5.41) is 4.52. The zero-order chi connectivity index (χ0) is 13.3. The van der Waals surface area contributed by atoms with Crippen LogP contribution in [-0.4, -0.2) is 22.9 Å². The molecular formula is C13H26N4. The highest BCUT2D eigenvalue weighted by molar-refractivity contribution is 5.67. The van der Waals surface area contributed by atoms with E-state index < -0.39 is 0 Å². The highest BCUT2D eigenvalue weighted by Gasteiger charge is 2.22. The second-order valence-corrected chi connectivity index (χ2v) is 5.50. The monoisotopic (exact) mass is 238 g/mol. The highest BCUT2D eigenvalue weighted by atomic mass is 15.4. The molecule has 1 heterocycles. The van der Waals surface area contributed by atoms with Crippen LogP contribution in [0.5, 0.6) is 0 Å². The van der Waals surface area contributed by atoms with Crippen molar-refractivity contribution in [3.8, 4) is 0 Å². The van der Waals surface area contributed by atoms with E-state index in [-0.39, 0.29) is 0 Å². The van der Waals surface area contributed by atoms with Crippen molar-refractivity contribution in [1.82, 2.24) is 9.78 Å². The Bertz CT molecular complexity index is 379. The van der Waals surface area contributed by atoms with Gasteiger partial charge in [-0.2, -0.15) is 5.10 Å². The van der Waals surface area contributed by atoms with Crippen molar-refractivity contribution in [1.29, 1.82) is 0 Å². The molecule has 2 N–H and O–H groups in total. The molecular weight excluding hydrogens is 212 g/mol. The van der Waals surface area contributed by atoms with E-state index in [2.05, 4.69) is 51.7 Å². The van der Waals surface area contributed by atoms with Gasteiger partial charge in [0.1, 0.15) is 5.82 Å². The van der Waals surface area contributed by atoms with Crippen LogP contribution in [-0.2, 0) is 7.05 Å². The van der Waals surface area contributed by atoms with Gasteiger partial charge in [0.25, 0.3) is 0 Å². The van der Waals surface area contributed by atoms with Gasteiger partial charge in [-0.1, -0.05) is 27.7 Å². The smallest absolute Gasteiger partial charge is 0.150 e. The standard InChI is InChI=1S/C13H26N4/c1-8(2)10(5)16(6)13-11(14)12(9(3)4)15-17(13)7/h8-10H,14H2,1-7H3. The minimum Gasteiger partial charge on any atom is -0.394 e. The summed E-state index contributed by atoms with van der Waals surface area (Å²) >= 11 is 0. The maximum absolute atomic E-state index is 6.22. The van der Waals surface area contributed by atoms with E-state index in [4.69, 9.17) is 5.73 Å². The summed E-state index contributed by atoms with van der Waals surface area (Å²) in [6.07, 6.45) is 0. The zero-order valence-electron chi connectivity index (χ0n) is 12.2. The van der Waals surface area contributed by atoms with Gasteiger partial charge in [-0.15, -0.1) is 0 Å². The Kier molecular flexibility index (Phi) is 4.07. The van der Waals surface area contributed by atoms with E-state index in [0.29, 0.717) is 17.9 Å². The number of aromatic nitrogens is 2. The molecule has 0 aliphatic heterocycles. The molecule has 1 rings (SSSR count). The highest BCUT2D eigenvalue weighted by Crippen LogP contribution is 2.31. The van der Waals surface area contributed by atoms with Gasteiger partial charge in [-0.05, 0) is 18.8 Å². The Hall–Kier alpha value is -1.19. The lowest BCUT2D eigenvalue weighted by atomic mass is 10.0. The van der Waals surface area contributed by atoms with Crippen LogP contribution >= 0.6 is 0 Å². The number of hydrogen-bond donors (Lipinski definition) is 1. The van der Waals surface area contributed by atoms with Crippen LogP contribution < -0.4 is 10.6 Å². The normalized spacial score (nSPS) is 13.5. The van der Waals surface area contributed by atoms with Gasteiger partial charge in [-0.3, -0.25) is 4.68 Å². The zero-order valence-corrected chi connectivity index (χ0v) is 12.2. The molecule has 1 aromatic rings. The minimum absolute atomic E-state index is 0.359. The largest absolute Gasteiger partial charge is 0.394 e. The quantitative estimate of drug-likeness (QED) is 0.877. The summed E-state index contributed by atoms with van der Waals surface area (Å²) in [4.78, 5) is 2.22. The SMILES string of the molecule is CC(C)c1nn(C)c(N(C)C(C)C(C)C)c1N. The van der Waals surface area contributed by atoms with Crippen LogP contribution in [0.1, 0.15) is 46.2 Å². The Labute approximate surface area is 105 Å². The minimum atomic E-state index is 0.359. The Balaban J connectivity index is 3.14. The third-order valence-electron chi connectivity index (χ3n) is 3.54. The first-order chi connectivity index (χ1) is 7.77. The first-order valence-corrected chi connectivity index (χ1v) is 6.32. The van der Waals surface area contributed by atoms with Crippen LogP contribution in [0, 0.1) is 5.92 Å². The van der Waals surface area contributed by atoms with Crippen molar-refractivity contribution in [2.45, 2.75) is 46.6 Å². The first-order valence-electron chi connectivity index (χ1n) is 6.32. The molecule has 4 nitrogen and oxygen atoms in total. The lowest BCUT2D eigenvalue weighted by Crippen LogP contribution is -2.34. The third kappa shape index (κ3) is 2.56. The molecule has 0 saturated heterocycles. The number of nitrogen functional groups attached to an aromatic ring is 1. The molecule has 0 spiro atoms. The van der Waals surface area contributed by atoms with Gasteiger partial charge in [-0.25, -0.2) is 0 Å². The summed E-state index contributed by atoms with van der Waals surface area (Å²) in [7, 11) is 4.04. The van der Waals surface area contributed by atoms with Gasteiger partial charge in [0.15, 0.2) is 0 Å². The Morgan fingerprint density at radius 2 is 1.71 bits per heavy atom. The Morgan fingerprint density at radius 3 is 2.06 bits per heavy atom. The van der Waals surface area contributed by atoms with Crippen molar-refractivity contribution in [2.75, 3.05) is 17.7 Å². The van der Waals surface area contributed by atoms with E-state index in [9.17, 15) is 0 Å². The van der Waals surface area contributed by atoms with Crippen LogP contribution in [0.2, 0.25) is 0 Å². The van der Waals surface area contributed by atoms with Crippen LogP contribution in [0.4, 0.5) is 11.5 Å². The van der Waals surface area contributed by atoms with Crippen LogP contribution in [0.3, 0.4) is 0 Å². The van der Waals surface area contributed by atoms with Crippen molar-refractivity contribution in [3.05, 3.63) is 5.69 Å². The number of nitrogens with two attached hydrogens (primary N) is 1. The van der Waals surface area contributed by atoms with E-state index in [0.717, 1.165) is 17.2 Å². The maximum atomic E-state index is 6.22. The van der Waals surface area contributed by atoms with E-state index in [1.807, 2.05) is 11.7 Å². The third-order valence-corrected chi connectivity index (χ3v) is 3.54. The van der Waals surface area contributed by atoms with Crippen molar-refractivity contribution < 1.29 is 0 Å². The molecule has 0 aliphatic rings. The summed E-state index contributed by atoms with van der Waals surface area (Å²) < 4.78 is 1.89. The maximum Gasteiger partial charge on any atom is 0.150 e. The first kappa shape index (κ1) is 13.9. The van der Waals surface area contributed by atoms with Gasteiger partial charge in [0.2, 0.25) is 0 Å².